The number of nitrogens with zero attached hydrogens (tertiary/aromatic N) is 1. The first-order chi connectivity index (χ1) is 8.56. The Morgan fingerprint density at radius 2 is 1.94 bits per heavy atom. The van der Waals surface area contributed by atoms with E-state index in [1.807, 2.05) is 0 Å². The summed E-state index contributed by atoms with van der Waals surface area (Å²) in [6, 6.07) is 5.76. The number of alkyl halides is 2. The minimum absolute atomic E-state index is 0.0461. The SMILES string of the molecule is Nc1ncc([C@H](O)c2ccc(OC(F)F)cc2)s1. The van der Waals surface area contributed by atoms with Crippen LogP contribution in [0.4, 0.5) is 13.9 Å². The smallest absolute Gasteiger partial charge is 0.387 e. The van der Waals surface area contributed by atoms with E-state index in [0.717, 1.165) is 0 Å². The molecule has 0 unspecified atom stereocenters. The number of aliphatic hydroxyl groups is 1. The maximum absolute atomic E-state index is 12.0. The first-order valence-electron chi connectivity index (χ1n) is 5.00. The van der Waals surface area contributed by atoms with Crippen molar-refractivity contribution in [2.75, 3.05) is 5.73 Å². The van der Waals surface area contributed by atoms with Crippen molar-refractivity contribution in [2.45, 2.75) is 12.7 Å². The van der Waals surface area contributed by atoms with E-state index in [9.17, 15) is 13.9 Å². The number of halogens is 2. The van der Waals surface area contributed by atoms with Gasteiger partial charge in [0.2, 0.25) is 0 Å². The molecule has 2 rings (SSSR count). The molecule has 0 aliphatic rings. The van der Waals surface area contributed by atoms with E-state index in [-0.39, 0.29) is 5.75 Å². The largest absolute Gasteiger partial charge is 0.435 e. The lowest BCUT2D eigenvalue weighted by Gasteiger charge is -2.09. The number of anilines is 1. The predicted octanol–water partition coefficient (Wildman–Crippen LogP) is 2.41. The van der Waals surface area contributed by atoms with Crippen molar-refractivity contribution in [1.29, 1.82) is 0 Å². The van der Waals surface area contributed by atoms with Gasteiger partial charge in [0.15, 0.2) is 5.13 Å². The average Bonchev–Trinajstić information content (AvgIpc) is 2.75. The van der Waals surface area contributed by atoms with Gasteiger partial charge in [-0.05, 0) is 17.7 Å². The van der Waals surface area contributed by atoms with Gasteiger partial charge < -0.3 is 15.6 Å². The zero-order valence-electron chi connectivity index (χ0n) is 9.09. The summed E-state index contributed by atoms with van der Waals surface area (Å²) in [4.78, 5) is 4.43. The van der Waals surface area contributed by atoms with Crippen molar-refractivity contribution in [3.8, 4) is 5.75 Å². The number of ether oxygens (including phenoxy) is 1. The van der Waals surface area contributed by atoms with Gasteiger partial charge in [0.1, 0.15) is 11.9 Å². The van der Waals surface area contributed by atoms with Crippen molar-refractivity contribution in [2.24, 2.45) is 0 Å². The number of nitrogens with two attached hydrogens (primary N) is 1. The van der Waals surface area contributed by atoms with E-state index in [2.05, 4.69) is 9.72 Å². The molecule has 0 bridgehead atoms. The first-order valence-corrected chi connectivity index (χ1v) is 5.82. The van der Waals surface area contributed by atoms with Crippen LogP contribution in [0.1, 0.15) is 16.5 Å². The van der Waals surface area contributed by atoms with Crippen LogP contribution < -0.4 is 10.5 Å². The number of benzene rings is 1. The van der Waals surface area contributed by atoms with E-state index in [1.54, 1.807) is 0 Å². The molecule has 1 aromatic heterocycles. The number of hydrogen-bond donors (Lipinski definition) is 2. The number of rotatable bonds is 4. The van der Waals surface area contributed by atoms with Gasteiger partial charge in [-0.15, -0.1) is 0 Å². The van der Waals surface area contributed by atoms with Gasteiger partial charge in [-0.2, -0.15) is 8.78 Å². The van der Waals surface area contributed by atoms with Gasteiger partial charge in [0.05, 0.1) is 4.88 Å². The Hall–Kier alpha value is -1.73. The van der Waals surface area contributed by atoms with Gasteiger partial charge in [-0.25, -0.2) is 4.98 Å². The van der Waals surface area contributed by atoms with E-state index >= 15 is 0 Å². The highest BCUT2D eigenvalue weighted by Crippen LogP contribution is 2.28. The second-order valence-electron chi connectivity index (χ2n) is 3.45. The van der Waals surface area contributed by atoms with Crippen LogP contribution in [-0.2, 0) is 0 Å². The van der Waals surface area contributed by atoms with Crippen LogP contribution in [0.15, 0.2) is 30.5 Å². The van der Waals surface area contributed by atoms with E-state index in [4.69, 9.17) is 5.73 Å². The highest BCUT2D eigenvalue weighted by molar-refractivity contribution is 7.15. The summed E-state index contributed by atoms with van der Waals surface area (Å²) in [5, 5.41) is 10.4. The Morgan fingerprint density at radius 1 is 1.28 bits per heavy atom. The number of aromatic nitrogens is 1. The number of aliphatic hydroxyl groups excluding tert-OH is 1. The Balaban J connectivity index is 2.14. The minimum atomic E-state index is -2.86. The standard InChI is InChI=1S/C11H10F2N2O2S/c12-10(13)17-7-3-1-6(2-4-7)9(16)8-5-15-11(14)18-8/h1-5,9-10,16H,(H2,14,15)/t9-/m1/s1. The fraction of sp³-hybridized carbons (Fsp3) is 0.182. The normalized spacial score (nSPS) is 12.7. The minimum Gasteiger partial charge on any atom is -0.435 e. The lowest BCUT2D eigenvalue weighted by molar-refractivity contribution is -0.0498. The molecule has 1 aromatic carbocycles. The molecular formula is C11H10F2N2O2S. The van der Waals surface area contributed by atoms with Gasteiger partial charge in [0.25, 0.3) is 0 Å². The average molecular weight is 272 g/mol. The molecule has 0 spiro atoms. The van der Waals surface area contributed by atoms with Crippen LogP contribution in [0.25, 0.3) is 0 Å². The van der Waals surface area contributed by atoms with Crippen molar-refractivity contribution in [3.63, 3.8) is 0 Å². The van der Waals surface area contributed by atoms with Gasteiger partial charge in [-0.1, -0.05) is 23.5 Å². The topological polar surface area (TPSA) is 68.4 Å². The fourth-order valence-electron chi connectivity index (χ4n) is 1.42. The third-order valence-electron chi connectivity index (χ3n) is 2.23. The molecule has 18 heavy (non-hydrogen) atoms. The van der Waals surface area contributed by atoms with Crippen LogP contribution in [0, 0.1) is 0 Å². The molecular weight excluding hydrogens is 262 g/mol. The highest BCUT2D eigenvalue weighted by atomic mass is 32.1. The van der Waals surface area contributed by atoms with Crippen molar-refractivity contribution in [3.05, 3.63) is 40.9 Å². The van der Waals surface area contributed by atoms with E-state index in [0.29, 0.717) is 15.6 Å². The van der Waals surface area contributed by atoms with Gasteiger partial charge in [0, 0.05) is 6.20 Å². The Labute approximate surface area is 106 Å². The Bertz CT molecular complexity index is 516. The molecule has 0 radical (unpaired) electrons. The van der Waals surface area contributed by atoms with Gasteiger partial charge >= 0.3 is 6.61 Å². The lowest BCUT2D eigenvalue weighted by atomic mass is 10.1. The quantitative estimate of drug-likeness (QED) is 0.896. The molecule has 4 nitrogen and oxygen atoms in total. The summed E-state index contributed by atoms with van der Waals surface area (Å²) in [7, 11) is 0. The molecule has 1 heterocycles. The van der Waals surface area contributed by atoms with Crippen LogP contribution in [0.2, 0.25) is 0 Å². The fourth-order valence-corrected chi connectivity index (χ4v) is 2.12. The van der Waals surface area contributed by atoms with Crippen molar-refractivity contribution in [1.82, 2.24) is 4.98 Å². The monoisotopic (exact) mass is 272 g/mol. The maximum atomic E-state index is 12.0. The predicted molar refractivity (Wildman–Crippen MR) is 63.7 cm³/mol. The third kappa shape index (κ3) is 2.93. The molecule has 2 aromatic rings. The molecule has 96 valence electrons. The van der Waals surface area contributed by atoms with Crippen LogP contribution in [0.5, 0.6) is 5.75 Å². The summed E-state index contributed by atoms with van der Waals surface area (Å²) < 4.78 is 28.1. The summed E-state index contributed by atoms with van der Waals surface area (Å²) in [5.74, 6) is 0.0461. The third-order valence-corrected chi connectivity index (χ3v) is 3.11. The van der Waals surface area contributed by atoms with Crippen molar-refractivity contribution < 1.29 is 18.6 Å². The van der Waals surface area contributed by atoms with Crippen molar-refractivity contribution >= 4 is 16.5 Å². The summed E-state index contributed by atoms with van der Waals surface area (Å²) >= 11 is 1.17. The number of hydrogen-bond acceptors (Lipinski definition) is 5. The van der Waals surface area contributed by atoms with Crippen LogP contribution in [0.3, 0.4) is 0 Å². The molecule has 0 aliphatic heterocycles. The zero-order valence-corrected chi connectivity index (χ0v) is 9.90. The molecule has 3 N–H and O–H groups in total. The Kier molecular flexibility index (Phi) is 3.73. The first kappa shape index (κ1) is 12.7. The maximum Gasteiger partial charge on any atom is 0.387 e. The van der Waals surface area contributed by atoms with E-state index < -0.39 is 12.7 Å². The summed E-state index contributed by atoms with van der Waals surface area (Å²) in [6.07, 6.45) is 0.606. The molecule has 0 aliphatic carbocycles. The summed E-state index contributed by atoms with van der Waals surface area (Å²) in [6.45, 7) is -2.86. The molecule has 7 heteroatoms. The number of nitrogen functional groups attached to an aromatic ring is 1. The van der Waals surface area contributed by atoms with Gasteiger partial charge in [-0.3, -0.25) is 0 Å². The molecule has 0 saturated heterocycles. The molecule has 0 amide bonds. The zero-order chi connectivity index (χ0) is 13.1. The summed E-state index contributed by atoms with van der Waals surface area (Å²) in [5.41, 5.74) is 6.02. The lowest BCUT2D eigenvalue weighted by Crippen LogP contribution is -2.02. The highest BCUT2D eigenvalue weighted by Gasteiger charge is 2.14. The molecule has 1 atom stereocenters. The molecule has 0 saturated carbocycles. The van der Waals surface area contributed by atoms with Crippen LogP contribution >= 0.6 is 11.3 Å². The Morgan fingerprint density at radius 3 is 2.44 bits per heavy atom. The van der Waals surface area contributed by atoms with Crippen LogP contribution in [-0.4, -0.2) is 16.7 Å². The second kappa shape index (κ2) is 5.28. The number of thiazole rings is 1. The van der Waals surface area contributed by atoms with E-state index in [1.165, 1.54) is 41.8 Å². The second-order valence-corrected chi connectivity index (χ2v) is 4.54. The molecule has 0 fully saturated rings.